The number of methoxy groups -OCH3 is 1. The van der Waals surface area contributed by atoms with E-state index in [2.05, 4.69) is 0 Å². The van der Waals surface area contributed by atoms with Crippen LogP contribution >= 0.6 is 23.2 Å². The quantitative estimate of drug-likeness (QED) is 0.279. The molecule has 3 nitrogen and oxygen atoms in total. The molecule has 0 aliphatic heterocycles. The highest BCUT2D eigenvalue weighted by Gasteiger charge is 2.19. The van der Waals surface area contributed by atoms with Crippen molar-refractivity contribution in [2.45, 2.75) is 0 Å². The van der Waals surface area contributed by atoms with Crippen molar-refractivity contribution >= 4 is 34.3 Å². The van der Waals surface area contributed by atoms with Crippen LogP contribution in [-0.2, 0) is 0 Å². The van der Waals surface area contributed by atoms with Crippen molar-refractivity contribution in [1.29, 1.82) is 0 Å². The van der Waals surface area contributed by atoms with Crippen molar-refractivity contribution in [2.75, 3.05) is 7.11 Å². The molecule has 0 atom stereocenters. The molecule has 0 N–H and O–H groups in total. The molecule has 0 saturated carbocycles. The van der Waals surface area contributed by atoms with Crippen LogP contribution in [0.5, 0.6) is 5.75 Å². The highest BCUT2D eigenvalue weighted by atomic mass is 35.5. The SMILES string of the molecule is COc1ccccc1-c1cc(-c2c(Cl)cccc2Cl)cc2nc(-c3ccccc3)oc12. The molecular weight excluding hydrogens is 429 g/mol. The number of aromatic nitrogens is 1. The number of halogens is 2. The summed E-state index contributed by atoms with van der Waals surface area (Å²) < 4.78 is 11.9. The monoisotopic (exact) mass is 445 g/mol. The number of nitrogens with zero attached hydrogens (tertiary/aromatic N) is 1. The molecule has 5 rings (SSSR count). The Morgan fingerprint density at radius 2 is 1.45 bits per heavy atom. The van der Waals surface area contributed by atoms with E-state index in [4.69, 9.17) is 37.3 Å². The average molecular weight is 446 g/mol. The fourth-order valence-electron chi connectivity index (χ4n) is 3.72. The maximum absolute atomic E-state index is 6.52. The van der Waals surface area contributed by atoms with Gasteiger partial charge in [-0.1, -0.05) is 65.7 Å². The van der Waals surface area contributed by atoms with Crippen molar-refractivity contribution < 1.29 is 9.15 Å². The van der Waals surface area contributed by atoms with E-state index in [1.54, 1.807) is 7.11 Å². The zero-order chi connectivity index (χ0) is 21.4. The first kappa shape index (κ1) is 19.7. The third-order valence-corrected chi connectivity index (χ3v) is 5.79. The van der Waals surface area contributed by atoms with E-state index in [-0.39, 0.29) is 0 Å². The van der Waals surface area contributed by atoms with Gasteiger partial charge in [0, 0.05) is 32.3 Å². The summed E-state index contributed by atoms with van der Waals surface area (Å²) in [6.07, 6.45) is 0. The lowest BCUT2D eigenvalue weighted by atomic mass is 9.97. The first-order valence-electron chi connectivity index (χ1n) is 9.73. The van der Waals surface area contributed by atoms with Gasteiger partial charge in [0.2, 0.25) is 5.89 Å². The van der Waals surface area contributed by atoms with Gasteiger partial charge in [0.05, 0.1) is 7.11 Å². The zero-order valence-electron chi connectivity index (χ0n) is 16.6. The maximum atomic E-state index is 6.52. The van der Waals surface area contributed by atoms with Crippen LogP contribution < -0.4 is 4.74 Å². The van der Waals surface area contributed by atoms with Crippen LogP contribution in [0.4, 0.5) is 0 Å². The van der Waals surface area contributed by atoms with E-state index in [9.17, 15) is 0 Å². The van der Waals surface area contributed by atoms with Gasteiger partial charge in [-0.25, -0.2) is 4.98 Å². The van der Waals surface area contributed by atoms with Gasteiger partial charge in [-0.3, -0.25) is 0 Å². The molecule has 31 heavy (non-hydrogen) atoms. The molecule has 5 aromatic rings. The molecule has 0 fully saturated rings. The summed E-state index contributed by atoms with van der Waals surface area (Å²) >= 11 is 13.0. The zero-order valence-corrected chi connectivity index (χ0v) is 18.1. The van der Waals surface area contributed by atoms with Crippen LogP contribution in [0.15, 0.2) is 89.3 Å². The normalized spacial score (nSPS) is 11.1. The van der Waals surface area contributed by atoms with E-state index >= 15 is 0 Å². The summed E-state index contributed by atoms with van der Waals surface area (Å²) in [4.78, 5) is 4.78. The number of ether oxygens (including phenoxy) is 1. The lowest BCUT2D eigenvalue weighted by molar-refractivity contribution is 0.416. The summed E-state index contributed by atoms with van der Waals surface area (Å²) in [7, 11) is 1.65. The van der Waals surface area contributed by atoms with Crippen LogP contribution in [0, 0.1) is 0 Å². The second-order valence-electron chi connectivity index (χ2n) is 7.05. The van der Waals surface area contributed by atoms with Crippen LogP contribution in [0.25, 0.3) is 44.8 Å². The lowest BCUT2D eigenvalue weighted by Crippen LogP contribution is -1.90. The Morgan fingerprint density at radius 1 is 0.742 bits per heavy atom. The van der Waals surface area contributed by atoms with Gasteiger partial charge < -0.3 is 9.15 Å². The van der Waals surface area contributed by atoms with E-state index < -0.39 is 0 Å². The number of fused-ring (bicyclic) bond motifs is 1. The Morgan fingerprint density at radius 3 is 2.19 bits per heavy atom. The fraction of sp³-hybridized carbons (Fsp3) is 0.0385. The highest BCUT2D eigenvalue weighted by molar-refractivity contribution is 6.39. The van der Waals surface area contributed by atoms with Crippen molar-refractivity contribution in [3.8, 4) is 39.5 Å². The number of oxazole rings is 1. The molecule has 152 valence electrons. The minimum atomic E-state index is 0.550. The molecule has 0 unspecified atom stereocenters. The number of hydrogen-bond acceptors (Lipinski definition) is 3. The largest absolute Gasteiger partial charge is 0.496 e. The van der Waals surface area contributed by atoms with Crippen molar-refractivity contribution in [3.05, 3.63) is 95.0 Å². The molecule has 0 aliphatic rings. The Labute approximate surface area is 189 Å². The number of rotatable bonds is 4. The van der Waals surface area contributed by atoms with E-state index in [1.807, 2.05) is 84.9 Å². The molecule has 0 bridgehead atoms. The second kappa shape index (κ2) is 8.10. The minimum absolute atomic E-state index is 0.550. The third kappa shape index (κ3) is 3.56. The topological polar surface area (TPSA) is 35.3 Å². The standard InChI is InChI=1S/C26H17Cl2NO2/c1-30-23-13-6-5-10-18(23)19-14-17(24-20(27)11-7-12-21(24)28)15-22-25(19)31-26(29-22)16-8-3-2-4-9-16/h2-15H,1H3. The summed E-state index contributed by atoms with van der Waals surface area (Å²) in [5.74, 6) is 1.29. The predicted octanol–water partition coefficient (Wildman–Crippen LogP) is 8.14. The van der Waals surface area contributed by atoms with Gasteiger partial charge in [-0.2, -0.15) is 0 Å². The smallest absolute Gasteiger partial charge is 0.227 e. The number of benzene rings is 4. The van der Waals surface area contributed by atoms with Crippen molar-refractivity contribution in [1.82, 2.24) is 4.98 Å². The first-order chi connectivity index (χ1) is 15.2. The molecule has 0 aliphatic carbocycles. The Bertz CT molecular complexity index is 1370. The third-order valence-electron chi connectivity index (χ3n) is 5.16. The van der Waals surface area contributed by atoms with Crippen LogP contribution in [0.3, 0.4) is 0 Å². The highest BCUT2D eigenvalue weighted by Crippen LogP contribution is 2.42. The van der Waals surface area contributed by atoms with Crippen LogP contribution in [-0.4, -0.2) is 12.1 Å². The molecule has 5 heteroatoms. The van der Waals surface area contributed by atoms with Gasteiger partial charge in [0.25, 0.3) is 0 Å². The molecule has 0 radical (unpaired) electrons. The summed E-state index contributed by atoms with van der Waals surface area (Å²) in [5.41, 5.74) is 5.67. The Balaban J connectivity index is 1.83. The molecule has 4 aromatic carbocycles. The van der Waals surface area contributed by atoms with Gasteiger partial charge in [-0.15, -0.1) is 0 Å². The van der Waals surface area contributed by atoms with Crippen molar-refractivity contribution in [3.63, 3.8) is 0 Å². The molecule has 0 amide bonds. The summed E-state index contributed by atoms with van der Waals surface area (Å²) in [6.45, 7) is 0. The molecule has 0 spiro atoms. The van der Waals surface area contributed by atoms with Crippen molar-refractivity contribution in [2.24, 2.45) is 0 Å². The Kier molecular flexibility index (Phi) is 5.14. The lowest BCUT2D eigenvalue weighted by Gasteiger charge is -2.12. The van der Waals surface area contributed by atoms with Crippen LogP contribution in [0.1, 0.15) is 0 Å². The number of para-hydroxylation sites is 1. The molecule has 1 heterocycles. The van der Waals surface area contributed by atoms with E-state index in [0.29, 0.717) is 27.0 Å². The molecule has 0 saturated heterocycles. The molecular formula is C26H17Cl2NO2. The predicted molar refractivity (Wildman–Crippen MR) is 127 cm³/mol. The average Bonchev–Trinajstić information content (AvgIpc) is 3.23. The van der Waals surface area contributed by atoms with Gasteiger partial charge in [-0.05, 0) is 48.0 Å². The van der Waals surface area contributed by atoms with Crippen LogP contribution in [0.2, 0.25) is 10.0 Å². The molecule has 1 aromatic heterocycles. The number of hydrogen-bond donors (Lipinski definition) is 0. The fourth-order valence-corrected chi connectivity index (χ4v) is 4.34. The van der Waals surface area contributed by atoms with Gasteiger partial charge in [0.1, 0.15) is 11.3 Å². The second-order valence-corrected chi connectivity index (χ2v) is 7.87. The van der Waals surface area contributed by atoms with E-state index in [0.717, 1.165) is 33.6 Å². The van der Waals surface area contributed by atoms with Gasteiger partial charge in [0.15, 0.2) is 5.58 Å². The summed E-state index contributed by atoms with van der Waals surface area (Å²) in [5, 5.41) is 1.15. The maximum Gasteiger partial charge on any atom is 0.227 e. The summed E-state index contributed by atoms with van der Waals surface area (Å²) in [6, 6.07) is 27.1. The Hall–Kier alpha value is -3.27. The first-order valence-corrected chi connectivity index (χ1v) is 10.5. The minimum Gasteiger partial charge on any atom is -0.496 e. The van der Waals surface area contributed by atoms with E-state index in [1.165, 1.54) is 0 Å². The van der Waals surface area contributed by atoms with Gasteiger partial charge >= 0.3 is 0 Å².